The Labute approximate surface area is 160 Å². The van der Waals surface area contributed by atoms with E-state index in [2.05, 4.69) is 31.3 Å². The van der Waals surface area contributed by atoms with Gasteiger partial charge in [-0.05, 0) is 18.9 Å². The second-order valence-electron chi connectivity index (χ2n) is 7.12. The molecule has 0 aliphatic rings. The van der Waals surface area contributed by atoms with Crippen LogP contribution in [0.5, 0.6) is 0 Å². The molecule has 1 aromatic rings. The maximum Gasteiger partial charge on any atom is 0.296 e. The van der Waals surface area contributed by atoms with Crippen LogP contribution in [-0.2, 0) is 14.6 Å². The highest BCUT2D eigenvalue weighted by Crippen LogP contribution is 2.20. The summed E-state index contributed by atoms with van der Waals surface area (Å²) in [6.45, 7) is 3.45. The summed E-state index contributed by atoms with van der Waals surface area (Å²) >= 11 is 0. The van der Waals surface area contributed by atoms with Gasteiger partial charge in [0.25, 0.3) is 5.88 Å². The van der Waals surface area contributed by atoms with Gasteiger partial charge in [0.05, 0.1) is 34.0 Å². The first kappa shape index (κ1) is 25.1. The van der Waals surface area contributed by atoms with E-state index in [9.17, 15) is 13.0 Å². The van der Waals surface area contributed by atoms with E-state index < -0.39 is 10.4 Å². The lowest BCUT2D eigenvalue weighted by atomic mass is 10.1. The highest BCUT2D eigenvalue weighted by atomic mass is 32.3. The molecule has 0 unspecified atom stereocenters. The monoisotopic (exact) mass is 391 g/mol. The molecule has 1 heterocycles. The van der Waals surface area contributed by atoms with Crippen LogP contribution in [0.25, 0.3) is 0 Å². The largest absolute Gasteiger partial charge is 0.726 e. The van der Waals surface area contributed by atoms with Crippen LogP contribution in [0.1, 0.15) is 71.1 Å². The molecule has 0 saturated heterocycles. The molecule has 0 atom stereocenters. The summed E-state index contributed by atoms with van der Waals surface area (Å²) in [6.07, 6.45) is 15.8. The Bertz CT molecular complexity index is 526. The van der Waals surface area contributed by atoms with Crippen molar-refractivity contribution in [1.29, 1.82) is 0 Å². The Morgan fingerprint density at radius 2 is 1.46 bits per heavy atom. The average molecular weight is 392 g/mol. The topological polar surface area (TPSA) is 79.6 Å². The lowest BCUT2D eigenvalue weighted by molar-refractivity contribution is 0.314. The van der Waals surface area contributed by atoms with E-state index in [1.54, 1.807) is 6.26 Å². The van der Waals surface area contributed by atoms with Crippen molar-refractivity contribution in [2.24, 2.45) is 0 Å². The number of furan rings is 1. The van der Waals surface area contributed by atoms with Gasteiger partial charge in [-0.1, -0.05) is 58.3 Å². The number of hydrogen-bond donors (Lipinski definition) is 0. The van der Waals surface area contributed by atoms with E-state index >= 15 is 0 Å². The zero-order valence-electron chi connectivity index (χ0n) is 16.9. The second kappa shape index (κ2) is 14.2. The van der Waals surface area contributed by atoms with Gasteiger partial charge in [-0.3, -0.25) is 8.67 Å². The normalized spacial score (nSPS) is 11.9. The minimum Gasteiger partial charge on any atom is -0.726 e. The van der Waals surface area contributed by atoms with Crippen molar-refractivity contribution < 1.29 is 21.6 Å². The molecule has 1 aromatic heterocycles. The Morgan fingerprint density at radius 1 is 1.00 bits per heavy atom. The van der Waals surface area contributed by atoms with Gasteiger partial charge in [-0.25, -0.2) is 8.42 Å². The Kier molecular flexibility index (Phi) is 13.7. The van der Waals surface area contributed by atoms with Crippen LogP contribution in [0.15, 0.2) is 22.8 Å². The van der Waals surface area contributed by atoms with Crippen molar-refractivity contribution in [3.63, 3.8) is 0 Å². The summed E-state index contributed by atoms with van der Waals surface area (Å²) in [6, 6.07) is 4.06. The lowest BCUT2D eigenvalue weighted by Gasteiger charge is -2.25. The third-order valence-electron chi connectivity index (χ3n) is 4.38. The third kappa shape index (κ3) is 14.3. The van der Waals surface area contributed by atoms with Crippen LogP contribution in [0.4, 0.5) is 5.88 Å². The van der Waals surface area contributed by atoms with Crippen molar-refractivity contribution in [3.05, 3.63) is 18.4 Å². The van der Waals surface area contributed by atoms with E-state index in [1.807, 2.05) is 6.07 Å². The molecule has 0 aromatic carbocycles. The van der Waals surface area contributed by atoms with Crippen molar-refractivity contribution in [3.8, 4) is 0 Å². The van der Waals surface area contributed by atoms with E-state index in [1.165, 1.54) is 70.8 Å². The van der Waals surface area contributed by atoms with Crippen LogP contribution < -0.4 is 4.48 Å². The molecule has 0 saturated carbocycles. The minimum absolute atomic E-state index is 0.808. The van der Waals surface area contributed by atoms with E-state index in [0.717, 1.165) is 17.5 Å². The predicted molar refractivity (Wildman–Crippen MR) is 106 cm³/mol. The standard InChI is InChI=1S/C18H34NO.CH4O4S/c1-4-5-6-7-8-9-10-11-12-13-16-19(2,3)18-15-14-17-20-18;1-5-6(2,3)4/h14-15,17H,4-13,16H2,1-3H3;1H3,(H,2,3,4)/q+1;/p-1. The molecular weight excluding hydrogens is 354 g/mol. The van der Waals surface area contributed by atoms with Crippen LogP contribution >= 0.6 is 0 Å². The summed E-state index contributed by atoms with van der Waals surface area (Å²) in [5.41, 5.74) is 0. The summed E-state index contributed by atoms with van der Waals surface area (Å²) in [5, 5.41) is 0. The van der Waals surface area contributed by atoms with Crippen molar-refractivity contribution in [2.45, 2.75) is 71.1 Å². The van der Waals surface area contributed by atoms with Crippen LogP contribution in [-0.4, -0.2) is 40.7 Å². The maximum absolute atomic E-state index is 9.22. The van der Waals surface area contributed by atoms with Gasteiger partial charge in [-0.15, -0.1) is 0 Å². The minimum atomic E-state index is -4.41. The molecule has 0 spiro atoms. The van der Waals surface area contributed by atoms with Crippen molar-refractivity contribution in [1.82, 2.24) is 4.48 Å². The van der Waals surface area contributed by atoms with Gasteiger partial charge in [-0.2, -0.15) is 0 Å². The molecule has 7 heteroatoms. The molecule has 0 bridgehead atoms. The molecule has 0 aliphatic heterocycles. The third-order valence-corrected chi connectivity index (χ3v) is 4.79. The van der Waals surface area contributed by atoms with Crippen LogP contribution in [0.3, 0.4) is 0 Å². The molecule has 0 fully saturated rings. The Morgan fingerprint density at radius 3 is 1.85 bits per heavy atom. The fourth-order valence-electron chi connectivity index (χ4n) is 2.72. The summed E-state index contributed by atoms with van der Waals surface area (Å²) < 4.78 is 37.4. The molecule has 154 valence electrons. The maximum atomic E-state index is 9.22. The van der Waals surface area contributed by atoms with Gasteiger partial charge in [0, 0.05) is 6.07 Å². The SMILES string of the molecule is CCCCCCCCCCCC[N+](C)(C)c1ccco1.COS(=O)(=O)[O-]. The summed E-state index contributed by atoms with van der Waals surface area (Å²) in [7, 11) is 0.853. The van der Waals surface area contributed by atoms with Gasteiger partial charge < -0.3 is 8.97 Å². The molecule has 6 nitrogen and oxygen atoms in total. The van der Waals surface area contributed by atoms with E-state index in [0.29, 0.717) is 0 Å². The van der Waals surface area contributed by atoms with Gasteiger partial charge in [0.15, 0.2) is 0 Å². The molecule has 1 rings (SSSR count). The van der Waals surface area contributed by atoms with Crippen LogP contribution in [0.2, 0.25) is 0 Å². The zero-order chi connectivity index (χ0) is 19.9. The Balaban J connectivity index is 0.000000896. The molecule has 0 aliphatic carbocycles. The second-order valence-corrected chi connectivity index (χ2v) is 8.27. The van der Waals surface area contributed by atoms with Gasteiger partial charge >= 0.3 is 0 Å². The van der Waals surface area contributed by atoms with Crippen LogP contribution in [0, 0.1) is 0 Å². The van der Waals surface area contributed by atoms with E-state index in [4.69, 9.17) is 4.42 Å². The summed E-state index contributed by atoms with van der Waals surface area (Å²) in [5.74, 6) is 1.07. The van der Waals surface area contributed by atoms with E-state index in [-0.39, 0.29) is 0 Å². The molecular formula is C19H37NO5S. The quantitative estimate of drug-likeness (QED) is 0.208. The first-order chi connectivity index (χ1) is 12.2. The number of nitrogens with zero attached hydrogens (tertiary/aromatic N) is 1. The number of unbranched alkanes of at least 4 members (excludes halogenated alkanes) is 9. The molecule has 0 radical (unpaired) electrons. The lowest BCUT2D eigenvalue weighted by Crippen LogP contribution is -2.40. The number of quaternary nitrogens is 1. The highest BCUT2D eigenvalue weighted by Gasteiger charge is 2.20. The summed E-state index contributed by atoms with van der Waals surface area (Å²) in [4.78, 5) is 0. The first-order valence-corrected chi connectivity index (χ1v) is 10.9. The molecule has 0 N–H and O–H groups in total. The average Bonchev–Trinajstić information content (AvgIpc) is 3.12. The smallest absolute Gasteiger partial charge is 0.296 e. The number of hydrogen-bond acceptors (Lipinski definition) is 5. The fraction of sp³-hybridized carbons (Fsp3) is 0.789. The van der Waals surface area contributed by atoms with Crippen molar-refractivity contribution >= 4 is 16.3 Å². The zero-order valence-corrected chi connectivity index (χ0v) is 17.7. The molecule has 26 heavy (non-hydrogen) atoms. The highest BCUT2D eigenvalue weighted by molar-refractivity contribution is 7.80. The predicted octanol–water partition coefficient (Wildman–Crippen LogP) is 4.86. The fourth-order valence-corrected chi connectivity index (χ4v) is 2.72. The number of rotatable bonds is 13. The first-order valence-electron chi connectivity index (χ1n) is 9.61. The molecule has 0 amide bonds. The Hall–Kier alpha value is -0.890. The van der Waals surface area contributed by atoms with Gasteiger partial charge in [0.2, 0.25) is 10.4 Å². The van der Waals surface area contributed by atoms with Crippen molar-refractivity contribution in [2.75, 3.05) is 27.7 Å². The van der Waals surface area contributed by atoms with Gasteiger partial charge in [0.1, 0.15) is 0 Å².